The van der Waals surface area contributed by atoms with Crippen LogP contribution >= 0.6 is 15.9 Å². The maximum absolute atomic E-state index is 13.0. The van der Waals surface area contributed by atoms with Crippen molar-refractivity contribution in [2.45, 2.75) is 18.6 Å². The second-order valence-corrected chi connectivity index (χ2v) is 9.42. The van der Waals surface area contributed by atoms with Crippen LogP contribution in [-0.2, 0) is 35.2 Å². The van der Waals surface area contributed by atoms with Crippen LogP contribution in [-0.4, -0.2) is 46.1 Å². The van der Waals surface area contributed by atoms with Crippen molar-refractivity contribution in [3.05, 3.63) is 55.1 Å². The van der Waals surface area contributed by atoms with Gasteiger partial charge in [-0.1, -0.05) is 28.1 Å². The Hall–Kier alpha value is -2.24. The summed E-state index contributed by atoms with van der Waals surface area (Å²) >= 11 is 3.39. The largest absolute Gasteiger partial charge is 0.381 e. The number of hydrogen-bond acceptors (Lipinski definition) is 6. The Morgan fingerprint density at radius 1 is 1.17 bits per heavy atom. The second kappa shape index (κ2) is 8.25. The lowest BCUT2D eigenvalue weighted by Crippen LogP contribution is -2.37. The molecule has 9 nitrogen and oxygen atoms in total. The Balaban J connectivity index is 2.30. The molecule has 0 bridgehead atoms. The van der Waals surface area contributed by atoms with Crippen LogP contribution in [0.3, 0.4) is 0 Å². The van der Waals surface area contributed by atoms with Crippen LogP contribution < -0.4 is 11.2 Å². The third kappa shape index (κ3) is 4.07. The molecule has 0 radical (unpaired) electrons. The van der Waals surface area contributed by atoms with Crippen molar-refractivity contribution >= 4 is 36.9 Å². The summed E-state index contributed by atoms with van der Waals surface area (Å²) in [6.45, 7) is 2.27. The van der Waals surface area contributed by atoms with Gasteiger partial charge in [0.05, 0.1) is 18.9 Å². The molecule has 1 aromatic carbocycles. The first kappa shape index (κ1) is 21.5. The first-order valence-electron chi connectivity index (χ1n) is 8.88. The van der Waals surface area contributed by atoms with Gasteiger partial charge in [0, 0.05) is 25.2 Å². The molecule has 0 unspecified atom stereocenters. The molecule has 0 saturated heterocycles. The minimum Gasteiger partial charge on any atom is -0.381 e. The molecule has 2 heterocycles. The van der Waals surface area contributed by atoms with E-state index in [4.69, 9.17) is 4.74 Å². The number of fused-ring (bicyclic) bond motifs is 1. The molecule has 2 aromatic heterocycles. The lowest BCUT2D eigenvalue weighted by Gasteiger charge is -2.11. The van der Waals surface area contributed by atoms with E-state index in [1.165, 1.54) is 23.2 Å². The molecule has 156 valence electrons. The van der Waals surface area contributed by atoms with Gasteiger partial charge >= 0.3 is 5.69 Å². The number of aromatic nitrogens is 4. The lowest BCUT2D eigenvalue weighted by molar-refractivity contribution is 0.163. The molecule has 29 heavy (non-hydrogen) atoms. The van der Waals surface area contributed by atoms with Gasteiger partial charge in [-0.25, -0.2) is 13.2 Å². The molecule has 0 atom stereocenters. The minimum atomic E-state index is -3.86. The fourth-order valence-electron chi connectivity index (χ4n) is 3.03. The lowest BCUT2D eigenvalue weighted by atomic mass is 10.2. The van der Waals surface area contributed by atoms with Crippen molar-refractivity contribution in [3.8, 4) is 0 Å². The third-order valence-corrected chi connectivity index (χ3v) is 6.59. The number of rotatable bonds is 7. The summed E-state index contributed by atoms with van der Waals surface area (Å²) in [5.74, 6) is -0.281. The summed E-state index contributed by atoms with van der Waals surface area (Å²) < 4.78 is 35.4. The van der Waals surface area contributed by atoms with Crippen molar-refractivity contribution in [2.75, 3.05) is 19.0 Å². The van der Waals surface area contributed by atoms with Gasteiger partial charge in [0.2, 0.25) is 15.0 Å². The first-order valence-corrected chi connectivity index (χ1v) is 11.3. The minimum absolute atomic E-state index is 0.00979. The van der Waals surface area contributed by atoms with Gasteiger partial charge in [-0.15, -0.1) is 0 Å². The Kier molecular flexibility index (Phi) is 6.11. The van der Waals surface area contributed by atoms with Crippen LogP contribution in [0, 0.1) is 0 Å². The summed E-state index contributed by atoms with van der Waals surface area (Å²) in [6.07, 6.45) is 0. The second-order valence-electron chi connectivity index (χ2n) is 6.50. The van der Waals surface area contributed by atoms with E-state index in [1.807, 2.05) is 24.3 Å². The SMILES string of the molecule is CCOCCS(=O)(=O)c1nc2c(c(=O)n(C)c(=O)n2C)n1Cc1cccc(Br)c1. The molecule has 0 N–H and O–H groups in total. The van der Waals surface area contributed by atoms with E-state index >= 15 is 0 Å². The van der Waals surface area contributed by atoms with Crippen LogP contribution in [0.5, 0.6) is 0 Å². The fourth-order valence-corrected chi connectivity index (χ4v) is 4.72. The zero-order valence-electron chi connectivity index (χ0n) is 16.3. The van der Waals surface area contributed by atoms with E-state index in [-0.39, 0.29) is 35.2 Å². The van der Waals surface area contributed by atoms with Gasteiger partial charge in [-0.05, 0) is 24.6 Å². The summed E-state index contributed by atoms with van der Waals surface area (Å²) in [5.41, 5.74) is -0.312. The van der Waals surface area contributed by atoms with Gasteiger partial charge in [0.15, 0.2) is 11.2 Å². The number of ether oxygens (including phenoxy) is 1. The number of aryl methyl sites for hydroxylation is 1. The Morgan fingerprint density at radius 2 is 1.90 bits per heavy atom. The van der Waals surface area contributed by atoms with Crippen LogP contribution in [0.1, 0.15) is 12.5 Å². The van der Waals surface area contributed by atoms with Gasteiger partial charge < -0.3 is 9.30 Å². The first-order chi connectivity index (χ1) is 13.7. The fraction of sp³-hybridized carbons (Fsp3) is 0.389. The average molecular weight is 485 g/mol. The van der Waals surface area contributed by atoms with Crippen molar-refractivity contribution in [1.29, 1.82) is 0 Å². The predicted molar refractivity (Wildman–Crippen MR) is 112 cm³/mol. The third-order valence-electron chi connectivity index (χ3n) is 4.52. The monoisotopic (exact) mass is 484 g/mol. The maximum Gasteiger partial charge on any atom is 0.332 e. The molecule has 0 fully saturated rings. The molecule has 0 aliphatic heterocycles. The van der Waals surface area contributed by atoms with Gasteiger partial charge in [-0.2, -0.15) is 4.98 Å². The smallest absolute Gasteiger partial charge is 0.332 e. The van der Waals surface area contributed by atoms with Crippen LogP contribution in [0.25, 0.3) is 11.2 Å². The highest BCUT2D eigenvalue weighted by Gasteiger charge is 2.27. The highest BCUT2D eigenvalue weighted by Crippen LogP contribution is 2.20. The molecule has 0 aliphatic carbocycles. The van der Waals surface area contributed by atoms with Gasteiger partial charge in [0.25, 0.3) is 5.56 Å². The van der Waals surface area contributed by atoms with E-state index < -0.39 is 21.1 Å². The molecule has 0 amide bonds. The number of benzene rings is 1. The Bertz CT molecular complexity index is 1290. The molecule has 0 saturated carbocycles. The molecule has 3 rings (SSSR count). The molecule has 0 aliphatic rings. The Labute approximate surface area is 175 Å². The molecule has 0 spiro atoms. The van der Waals surface area contributed by atoms with E-state index in [9.17, 15) is 18.0 Å². The van der Waals surface area contributed by atoms with Crippen molar-refractivity contribution in [2.24, 2.45) is 14.1 Å². The summed E-state index contributed by atoms with van der Waals surface area (Å²) in [5, 5.41) is -0.259. The summed E-state index contributed by atoms with van der Waals surface area (Å²) in [6, 6.07) is 7.31. The van der Waals surface area contributed by atoms with Gasteiger partial charge in [0.1, 0.15) is 0 Å². The van der Waals surface area contributed by atoms with E-state index in [2.05, 4.69) is 20.9 Å². The molecule has 11 heteroatoms. The molecular weight excluding hydrogens is 464 g/mol. The summed E-state index contributed by atoms with van der Waals surface area (Å²) in [4.78, 5) is 29.3. The highest BCUT2D eigenvalue weighted by atomic mass is 79.9. The zero-order chi connectivity index (χ0) is 21.3. The van der Waals surface area contributed by atoms with E-state index in [0.717, 1.165) is 14.6 Å². The number of sulfone groups is 1. The Morgan fingerprint density at radius 3 is 2.55 bits per heavy atom. The average Bonchev–Trinajstić information content (AvgIpc) is 3.05. The number of halogens is 1. The maximum atomic E-state index is 13.0. The van der Waals surface area contributed by atoms with E-state index in [0.29, 0.717) is 6.61 Å². The van der Waals surface area contributed by atoms with Gasteiger partial charge in [-0.3, -0.25) is 13.9 Å². The molecular formula is C18H21BrN4O5S. The number of imidazole rings is 1. The number of nitrogens with zero attached hydrogens (tertiary/aromatic N) is 4. The predicted octanol–water partition coefficient (Wildman–Crippen LogP) is 1.05. The van der Waals surface area contributed by atoms with Crippen LogP contribution in [0.2, 0.25) is 0 Å². The van der Waals surface area contributed by atoms with Crippen molar-refractivity contribution in [1.82, 2.24) is 18.7 Å². The van der Waals surface area contributed by atoms with Crippen LogP contribution in [0.15, 0.2) is 43.5 Å². The quantitative estimate of drug-likeness (QED) is 0.464. The normalized spacial score (nSPS) is 12.0. The molecule has 3 aromatic rings. The summed E-state index contributed by atoms with van der Waals surface area (Å²) in [7, 11) is -1.06. The topological polar surface area (TPSA) is 105 Å². The standard InChI is InChI=1S/C18H21BrN4O5S/c1-4-28-8-9-29(26,27)17-20-15-14(16(24)22(3)18(25)21(15)2)23(17)11-12-6-5-7-13(19)10-12/h5-7,10H,4,8-9,11H2,1-3H3. The van der Waals surface area contributed by atoms with Crippen molar-refractivity contribution in [3.63, 3.8) is 0 Å². The highest BCUT2D eigenvalue weighted by molar-refractivity contribution is 9.10. The van der Waals surface area contributed by atoms with Crippen molar-refractivity contribution < 1.29 is 13.2 Å². The zero-order valence-corrected chi connectivity index (χ0v) is 18.7. The number of hydrogen-bond donors (Lipinski definition) is 0. The van der Waals surface area contributed by atoms with E-state index in [1.54, 1.807) is 6.92 Å². The van der Waals surface area contributed by atoms with Crippen LogP contribution in [0.4, 0.5) is 0 Å².